The molecule has 1 amide bonds. The fourth-order valence-corrected chi connectivity index (χ4v) is 2.68. The van der Waals surface area contributed by atoms with Crippen LogP contribution >= 0.6 is 0 Å². The highest BCUT2D eigenvalue weighted by Gasteiger charge is 2.26. The van der Waals surface area contributed by atoms with Crippen LogP contribution in [-0.4, -0.2) is 43.0 Å². The van der Waals surface area contributed by atoms with Gasteiger partial charge in [-0.05, 0) is 33.2 Å². The zero-order valence-corrected chi connectivity index (χ0v) is 12.8. The number of amides is 1. The van der Waals surface area contributed by atoms with E-state index in [2.05, 4.69) is 31.1 Å². The van der Waals surface area contributed by atoms with Crippen molar-refractivity contribution in [3.63, 3.8) is 0 Å². The molecule has 1 saturated carbocycles. The predicted molar refractivity (Wildman–Crippen MR) is 79.9 cm³/mol. The van der Waals surface area contributed by atoms with E-state index in [1.807, 2.05) is 0 Å². The van der Waals surface area contributed by atoms with Gasteiger partial charge in [0.25, 0.3) is 0 Å². The smallest absolute Gasteiger partial charge is 0.224 e. The normalized spacial score (nSPS) is 25.9. The standard InChI is InChI=1S/C15H31N3O/c1-4-12(2)18(3)11-10-17-15(19)13-8-6-5-7-9-14(13)16/h12-14H,4-11,16H2,1-3H3,(H,17,19). The number of nitrogens with zero attached hydrogens (tertiary/aromatic N) is 1. The van der Waals surface area contributed by atoms with Gasteiger partial charge < -0.3 is 16.0 Å². The van der Waals surface area contributed by atoms with Gasteiger partial charge in [-0.3, -0.25) is 4.79 Å². The number of rotatable bonds is 6. The fraction of sp³-hybridized carbons (Fsp3) is 0.933. The fourth-order valence-electron chi connectivity index (χ4n) is 2.68. The van der Waals surface area contributed by atoms with Crippen molar-refractivity contribution in [1.29, 1.82) is 0 Å². The van der Waals surface area contributed by atoms with Crippen LogP contribution in [0.1, 0.15) is 52.4 Å². The molecule has 112 valence electrons. The van der Waals surface area contributed by atoms with Crippen molar-refractivity contribution in [3.8, 4) is 0 Å². The van der Waals surface area contributed by atoms with Crippen LogP contribution in [0, 0.1) is 5.92 Å². The summed E-state index contributed by atoms with van der Waals surface area (Å²) in [6, 6.07) is 0.617. The van der Waals surface area contributed by atoms with Crippen LogP contribution in [0.25, 0.3) is 0 Å². The first-order valence-corrected chi connectivity index (χ1v) is 7.79. The Labute approximate surface area is 118 Å². The summed E-state index contributed by atoms with van der Waals surface area (Å²) >= 11 is 0. The van der Waals surface area contributed by atoms with Crippen LogP contribution in [0.2, 0.25) is 0 Å². The molecule has 4 nitrogen and oxygen atoms in total. The molecule has 0 aliphatic heterocycles. The van der Waals surface area contributed by atoms with E-state index in [9.17, 15) is 4.79 Å². The number of hydrogen-bond acceptors (Lipinski definition) is 3. The van der Waals surface area contributed by atoms with Crippen LogP contribution in [0.5, 0.6) is 0 Å². The first-order chi connectivity index (χ1) is 9.06. The highest BCUT2D eigenvalue weighted by Crippen LogP contribution is 2.22. The van der Waals surface area contributed by atoms with Gasteiger partial charge in [-0.1, -0.05) is 26.2 Å². The van der Waals surface area contributed by atoms with Gasteiger partial charge in [-0.15, -0.1) is 0 Å². The van der Waals surface area contributed by atoms with Gasteiger partial charge in [0.2, 0.25) is 5.91 Å². The molecule has 4 heteroatoms. The number of carbonyl (C=O) groups excluding carboxylic acids is 1. The van der Waals surface area contributed by atoms with Crippen LogP contribution in [0.3, 0.4) is 0 Å². The molecule has 1 aliphatic rings. The first-order valence-electron chi connectivity index (χ1n) is 7.79. The van der Waals surface area contributed by atoms with Gasteiger partial charge in [0.05, 0.1) is 5.92 Å². The van der Waals surface area contributed by atoms with Crippen molar-refractivity contribution < 1.29 is 4.79 Å². The van der Waals surface area contributed by atoms with Crippen molar-refractivity contribution in [2.75, 3.05) is 20.1 Å². The Morgan fingerprint density at radius 3 is 2.74 bits per heavy atom. The minimum Gasteiger partial charge on any atom is -0.355 e. The Morgan fingerprint density at radius 2 is 2.05 bits per heavy atom. The summed E-state index contributed by atoms with van der Waals surface area (Å²) in [6.07, 6.45) is 6.60. The lowest BCUT2D eigenvalue weighted by Gasteiger charge is -2.25. The summed E-state index contributed by atoms with van der Waals surface area (Å²) in [6.45, 7) is 6.03. The van der Waals surface area contributed by atoms with Gasteiger partial charge in [0.15, 0.2) is 0 Å². The topological polar surface area (TPSA) is 58.4 Å². The van der Waals surface area contributed by atoms with Crippen molar-refractivity contribution in [2.45, 2.75) is 64.5 Å². The Balaban J connectivity index is 2.30. The lowest BCUT2D eigenvalue weighted by molar-refractivity contribution is -0.125. The first kappa shape index (κ1) is 16.4. The van der Waals surface area contributed by atoms with Crippen LogP contribution < -0.4 is 11.1 Å². The lowest BCUT2D eigenvalue weighted by Crippen LogP contribution is -2.44. The van der Waals surface area contributed by atoms with E-state index in [4.69, 9.17) is 5.73 Å². The van der Waals surface area contributed by atoms with Crippen molar-refractivity contribution in [1.82, 2.24) is 10.2 Å². The molecule has 3 N–H and O–H groups in total. The number of nitrogens with two attached hydrogens (primary N) is 1. The molecule has 0 saturated heterocycles. The average molecular weight is 269 g/mol. The van der Waals surface area contributed by atoms with Crippen molar-refractivity contribution in [3.05, 3.63) is 0 Å². The van der Waals surface area contributed by atoms with Gasteiger partial charge in [-0.2, -0.15) is 0 Å². The maximum atomic E-state index is 12.2. The van der Waals surface area contributed by atoms with E-state index < -0.39 is 0 Å². The number of likely N-dealkylation sites (N-methyl/N-ethyl adjacent to an activating group) is 1. The summed E-state index contributed by atoms with van der Waals surface area (Å²) in [5.74, 6) is 0.184. The van der Waals surface area contributed by atoms with E-state index in [1.54, 1.807) is 0 Å². The van der Waals surface area contributed by atoms with Gasteiger partial charge in [0, 0.05) is 25.2 Å². The summed E-state index contributed by atoms with van der Waals surface area (Å²) in [5, 5.41) is 3.06. The van der Waals surface area contributed by atoms with E-state index in [-0.39, 0.29) is 17.9 Å². The molecule has 0 heterocycles. The predicted octanol–water partition coefficient (Wildman–Crippen LogP) is 1.74. The summed E-state index contributed by atoms with van der Waals surface area (Å²) in [4.78, 5) is 14.5. The van der Waals surface area contributed by atoms with E-state index in [0.717, 1.165) is 38.8 Å². The molecular formula is C15H31N3O. The zero-order valence-electron chi connectivity index (χ0n) is 12.8. The number of carbonyl (C=O) groups is 1. The second kappa shape index (κ2) is 8.54. The van der Waals surface area contributed by atoms with Gasteiger partial charge >= 0.3 is 0 Å². The minimum atomic E-state index is 0.0244. The largest absolute Gasteiger partial charge is 0.355 e. The molecule has 3 unspecified atom stereocenters. The van der Waals surface area contributed by atoms with Crippen molar-refractivity contribution in [2.24, 2.45) is 11.7 Å². The summed E-state index contributed by atoms with van der Waals surface area (Å²) < 4.78 is 0. The molecule has 19 heavy (non-hydrogen) atoms. The Morgan fingerprint density at radius 1 is 1.37 bits per heavy atom. The quantitative estimate of drug-likeness (QED) is 0.722. The second-order valence-corrected chi connectivity index (χ2v) is 5.94. The van der Waals surface area contributed by atoms with Crippen LogP contribution in [-0.2, 0) is 4.79 Å². The van der Waals surface area contributed by atoms with E-state index in [0.29, 0.717) is 6.04 Å². The molecule has 1 rings (SSSR count). The van der Waals surface area contributed by atoms with Gasteiger partial charge in [0.1, 0.15) is 0 Å². The summed E-state index contributed by atoms with van der Waals surface area (Å²) in [5.41, 5.74) is 6.11. The van der Waals surface area contributed by atoms with Crippen LogP contribution in [0.15, 0.2) is 0 Å². The molecular weight excluding hydrogens is 238 g/mol. The Hall–Kier alpha value is -0.610. The second-order valence-electron chi connectivity index (χ2n) is 5.94. The monoisotopic (exact) mass is 269 g/mol. The Bertz CT molecular complexity index is 270. The maximum Gasteiger partial charge on any atom is 0.224 e. The van der Waals surface area contributed by atoms with Crippen molar-refractivity contribution >= 4 is 5.91 Å². The molecule has 0 aromatic carbocycles. The molecule has 3 atom stereocenters. The SMILES string of the molecule is CCC(C)N(C)CCNC(=O)C1CCCCCC1N. The molecule has 0 spiro atoms. The maximum absolute atomic E-state index is 12.2. The minimum absolute atomic E-state index is 0.0244. The number of hydrogen-bond donors (Lipinski definition) is 2. The molecule has 0 aromatic heterocycles. The molecule has 1 fully saturated rings. The third kappa shape index (κ3) is 5.49. The molecule has 0 bridgehead atoms. The zero-order chi connectivity index (χ0) is 14.3. The highest BCUT2D eigenvalue weighted by atomic mass is 16.1. The highest BCUT2D eigenvalue weighted by molar-refractivity contribution is 5.79. The lowest BCUT2D eigenvalue weighted by atomic mass is 9.94. The number of nitrogens with one attached hydrogen (secondary N) is 1. The molecule has 0 radical (unpaired) electrons. The molecule has 0 aromatic rings. The van der Waals surface area contributed by atoms with Crippen LogP contribution in [0.4, 0.5) is 0 Å². The van der Waals surface area contributed by atoms with E-state index >= 15 is 0 Å². The Kier molecular flexibility index (Phi) is 7.39. The third-order valence-electron chi connectivity index (χ3n) is 4.51. The summed E-state index contributed by atoms with van der Waals surface area (Å²) in [7, 11) is 2.11. The van der Waals surface area contributed by atoms with Gasteiger partial charge in [-0.25, -0.2) is 0 Å². The average Bonchev–Trinajstić information content (AvgIpc) is 2.62. The molecule has 1 aliphatic carbocycles. The third-order valence-corrected chi connectivity index (χ3v) is 4.51. The van der Waals surface area contributed by atoms with E-state index in [1.165, 1.54) is 12.8 Å².